The number of nitrogens with zero attached hydrogens (tertiary/aromatic N) is 2. The zero-order valence-corrected chi connectivity index (χ0v) is 15.1. The number of thiazole rings is 1. The van der Waals surface area contributed by atoms with Crippen molar-refractivity contribution in [2.45, 2.75) is 38.6 Å². The van der Waals surface area contributed by atoms with Crippen LogP contribution in [0.1, 0.15) is 43.0 Å². The molecule has 1 aliphatic rings. The fourth-order valence-electron chi connectivity index (χ4n) is 3.36. The van der Waals surface area contributed by atoms with E-state index < -0.39 is 0 Å². The molecule has 4 heteroatoms. The van der Waals surface area contributed by atoms with E-state index in [1.165, 1.54) is 16.3 Å². The number of aromatic nitrogens is 1. The molecule has 0 unspecified atom stereocenters. The van der Waals surface area contributed by atoms with Gasteiger partial charge in [-0.3, -0.25) is 4.90 Å². The van der Waals surface area contributed by atoms with E-state index in [0.717, 1.165) is 26.2 Å². The maximum Gasteiger partial charge on any atom is 0.0982 e. The molecule has 1 aromatic heterocycles. The molecule has 3 rings (SSSR count). The lowest BCUT2D eigenvalue weighted by Crippen LogP contribution is -2.23. The minimum absolute atomic E-state index is 0.139. The molecule has 1 aromatic carbocycles. The van der Waals surface area contributed by atoms with Crippen LogP contribution >= 0.6 is 11.3 Å². The molecule has 2 N–H and O–H groups in total. The topological polar surface area (TPSA) is 42.2 Å². The van der Waals surface area contributed by atoms with Crippen LogP contribution < -0.4 is 5.73 Å². The summed E-state index contributed by atoms with van der Waals surface area (Å²) in [6, 6.07) is 10.8. The lowest BCUT2D eigenvalue weighted by molar-refractivity contribution is 0.313. The summed E-state index contributed by atoms with van der Waals surface area (Å²) in [4.78, 5) is 7.35. The highest BCUT2D eigenvalue weighted by Gasteiger charge is 2.33. The van der Waals surface area contributed by atoms with Gasteiger partial charge in [0.2, 0.25) is 0 Å². The first-order valence-electron chi connectivity index (χ1n) is 8.39. The van der Waals surface area contributed by atoms with Crippen molar-refractivity contribution in [2.75, 3.05) is 19.6 Å². The molecule has 1 aliphatic heterocycles. The summed E-state index contributed by atoms with van der Waals surface area (Å²) in [6.45, 7) is 10.5. The number of nitrogens with two attached hydrogens (primary N) is 1. The van der Waals surface area contributed by atoms with Gasteiger partial charge in [-0.05, 0) is 18.0 Å². The van der Waals surface area contributed by atoms with Crippen LogP contribution in [0.2, 0.25) is 0 Å². The molecule has 2 aromatic rings. The summed E-state index contributed by atoms with van der Waals surface area (Å²) >= 11 is 1.78. The molecule has 0 saturated carbocycles. The highest BCUT2D eigenvalue weighted by Crippen LogP contribution is 2.33. The van der Waals surface area contributed by atoms with Gasteiger partial charge in [0.05, 0.1) is 10.7 Å². The summed E-state index contributed by atoms with van der Waals surface area (Å²) in [5, 5.41) is 3.44. The Kier molecular flexibility index (Phi) is 4.85. The molecule has 23 heavy (non-hydrogen) atoms. The number of hydrogen-bond acceptors (Lipinski definition) is 4. The van der Waals surface area contributed by atoms with Gasteiger partial charge in [0, 0.05) is 36.3 Å². The molecular weight excluding hydrogens is 302 g/mol. The van der Waals surface area contributed by atoms with Crippen molar-refractivity contribution in [2.24, 2.45) is 11.7 Å². The van der Waals surface area contributed by atoms with E-state index in [4.69, 9.17) is 10.7 Å². The highest BCUT2D eigenvalue weighted by molar-refractivity contribution is 7.09. The Labute approximate surface area is 143 Å². The van der Waals surface area contributed by atoms with Crippen LogP contribution in [0, 0.1) is 5.92 Å². The standard InChI is InChI=1S/C19H27N3S/c1-19(2,3)18-21-16(13-23-18)11-22-10-15(9-20)17(12-22)14-7-5-4-6-8-14/h4-8,13,15,17H,9-12,20H2,1-3H3/t15-,17+/m1/s1. The SMILES string of the molecule is CC(C)(C)c1nc(CN2C[C@@H](CN)[C@H](c3ccccc3)C2)cs1. The highest BCUT2D eigenvalue weighted by atomic mass is 32.1. The van der Waals surface area contributed by atoms with Crippen molar-refractivity contribution >= 4 is 11.3 Å². The molecule has 1 fully saturated rings. The fraction of sp³-hybridized carbons (Fsp3) is 0.526. The van der Waals surface area contributed by atoms with E-state index in [1.54, 1.807) is 11.3 Å². The second kappa shape index (κ2) is 6.71. The first-order chi connectivity index (χ1) is 11.0. The van der Waals surface area contributed by atoms with Crippen LogP contribution in [0.25, 0.3) is 0 Å². The van der Waals surface area contributed by atoms with E-state index >= 15 is 0 Å². The second-order valence-electron chi connectivity index (χ2n) is 7.60. The van der Waals surface area contributed by atoms with Crippen LogP contribution in [0.15, 0.2) is 35.7 Å². The van der Waals surface area contributed by atoms with Gasteiger partial charge in [-0.2, -0.15) is 0 Å². The molecule has 0 radical (unpaired) electrons. The van der Waals surface area contributed by atoms with Crippen molar-refractivity contribution in [3.05, 3.63) is 52.0 Å². The fourth-order valence-corrected chi connectivity index (χ4v) is 4.26. The molecule has 3 nitrogen and oxygen atoms in total. The Bertz CT molecular complexity index is 630. The average Bonchev–Trinajstić information content (AvgIpc) is 3.15. The van der Waals surface area contributed by atoms with E-state index in [9.17, 15) is 0 Å². The van der Waals surface area contributed by atoms with Crippen LogP contribution in [0.5, 0.6) is 0 Å². The Morgan fingerprint density at radius 3 is 2.57 bits per heavy atom. The molecule has 2 heterocycles. The van der Waals surface area contributed by atoms with Gasteiger partial charge >= 0.3 is 0 Å². The van der Waals surface area contributed by atoms with Crippen LogP contribution in [0.3, 0.4) is 0 Å². The first-order valence-corrected chi connectivity index (χ1v) is 9.27. The van der Waals surface area contributed by atoms with Crippen LogP contribution in [-0.2, 0) is 12.0 Å². The number of likely N-dealkylation sites (tertiary alicyclic amines) is 1. The van der Waals surface area contributed by atoms with Gasteiger partial charge in [0.15, 0.2) is 0 Å². The van der Waals surface area contributed by atoms with Gasteiger partial charge in [0.25, 0.3) is 0 Å². The third-order valence-corrected chi connectivity index (χ3v) is 5.94. The third-order valence-electron chi connectivity index (χ3n) is 4.63. The molecule has 1 saturated heterocycles. The number of benzene rings is 1. The maximum absolute atomic E-state index is 6.04. The molecule has 0 spiro atoms. The summed E-state index contributed by atoms with van der Waals surface area (Å²) in [6.07, 6.45) is 0. The first kappa shape index (κ1) is 16.6. The summed E-state index contributed by atoms with van der Waals surface area (Å²) in [5.41, 5.74) is 8.79. The van der Waals surface area contributed by atoms with Crippen LogP contribution in [0.4, 0.5) is 0 Å². The van der Waals surface area contributed by atoms with Crippen molar-refractivity contribution in [3.8, 4) is 0 Å². The molecule has 0 aliphatic carbocycles. The molecule has 124 valence electrons. The summed E-state index contributed by atoms with van der Waals surface area (Å²) in [7, 11) is 0. The van der Waals surface area contributed by atoms with Crippen molar-refractivity contribution in [3.63, 3.8) is 0 Å². The zero-order chi connectivity index (χ0) is 16.4. The summed E-state index contributed by atoms with van der Waals surface area (Å²) < 4.78 is 0. The van der Waals surface area contributed by atoms with E-state index in [1.807, 2.05) is 0 Å². The van der Waals surface area contributed by atoms with Gasteiger partial charge in [0.1, 0.15) is 0 Å². The zero-order valence-electron chi connectivity index (χ0n) is 14.3. The largest absolute Gasteiger partial charge is 0.330 e. The predicted octanol–water partition coefficient (Wildman–Crippen LogP) is 3.61. The van der Waals surface area contributed by atoms with E-state index in [2.05, 4.69) is 61.4 Å². The lowest BCUT2D eigenvalue weighted by atomic mass is 9.89. The quantitative estimate of drug-likeness (QED) is 0.931. The second-order valence-corrected chi connectivity index (χ2v) is 8.46. The lowest BCUT2D eigenvalue weighted by Gasteiger charge is -2.16. The van der Waals surface area contributed by atoms with E-state index in [0.29, 0.717) is 11.8 Å². The van der Waals surface area contributed by atoms with Crippen molar-refractivity contribution in [1.29, 1.82) is 0 Å². The Hall–Kier alpha value is -1.23. The minimum Gasteiger partial charge on any atom is -0.330 e. The van der Waals surface area contributed by atoms with Gasteiger partial charge in [-0.25, -0.2) is 4.98 Å². The van der Waals surface area contributed by atoms with Gasteiger partial charge in [-0.15, -0.1) is 11.3 Å². The molecular formula is C19H27N3S. The van der Waals surface area contributed by atoms with Gasteiger partial charge in [-0.1, -0.05) is 51.1 Å². The number of rotatable bonds is 4. The van der Waals surface area contributed by atoms with Crippen LogP contribution in [-0.4, -0.2) is 29.5 Å². The molecule has 2 atom stereocenters. The Morgan fingerprint density at radius 1 is 1.22 bits per heavy atom. The summed E-state index contributed by atoms with van der Waals surface area (Å²) in [5.74, 6) is 1.08. The monoisotopic (exact) mass is 329 g/mol. The van der Waals surface area contributed by atoms with E-state index in [-0.39, 0.29) is 5.41 Å². The third kappa shape index (κ3) is 3.82. The minimum atomic E-state index is 0.139. The Balaban J connectivity index is 1.69. The number of hydrogen-bond donors (Lipinski definition) is 1. The molecule has 0 bridgehead atoms. The van der Waals surface area contributed by atoms with Crippen molar-refractivity contribution < 1.29 is 0 Å². The maximum atomic E-state index is 6.04. The average molecular weight is 330 g/mol. The normalized spacial score (nSPS) is 22.6. The Morgan fingerprint density at radius 2 is 1.96 bits per heavy atom. The predicted molar refractivity (Wildman–Crippen MR) is 97.8 cm³/mol. The molecule has 0 amide bonds. The van der Waals surface area contributed by atoms with Gasteiger partial charge < -0.3 is 5.73 Å². The van der Waals surface area contributed by atoms with Crippen molar-refractivity contribution in [1.82, 2.24) is 9.88 Å². The smallest absolute Gasteiger partial charge is 0.0982 e.